The molecule has 152 valence electrons. The number of halogens is 1. The van der Waals surface area contributed by atoms with Gasteiger partial charge >= 0.3 is 6.03 Å². The number of nitro benzene ring substituents is 1. The van der Waals surface area contributed by atoms with Crippen LogP contribution in [0.5, 0.6) is 0 Å². The molecule has 0 radical (unpaired) electrons. The van der Waals surface area contributed by atoms with Gasteiger partial charge in [-0.1, -0.05) is 23.7 Å². The van der Waals surface area contributed by atoms with Crippen LogP contribution in [0.15, 0.2) is 42.5 Å². The highest BCUT2D eigenvalue weighted by molar-refractivity contribution is 6.30. The maximum Gasteiger partial charge on any atom is 0.321 e. The second-order valence-electron chi connectivity index (χ2n) is 6.80. The summed E-state index contributed by atoms with van der Waals surface area (Å²) in [4.78, 5) is 39.5. The quantitative estimate of drug-likeness (QED) is 0.605. The normalized spacial score (nSPS) is 14.3. The molecule has 29 heavy (non-hydrogen) atoms. The fourth-order valence-corrected chi connectivity index (χ4v) is 3.43. The van der Waals surface area contributed by atoms with E-state index in [0.29, 0.717) is 48.9 Å². The molecule has 0 spiro atoms. The summed E-state index contributed by atoms with van der Waals surface area (Å²) >= 11 is 5.85. The molecule has 1 N–H and O–H groups in total. The van der Waals surface area contributed by atoms with Crippen molar-refractivity contribution in [2.75, 3.05) is 31.5 Å². The Hall–Kier alpha value is -3.13. The van der Waals surface area contributed by atoms with Crippen LogP contribution in [0, 0.1) is 17.0 Å². The van der Waals surface area contributed by atoms with Crippen LogP contribution in [0.3, 0.4) is 0 Å². The molecular weight excluding hydrogens is 396 g/mol. The first-order valence-electron chi connectivity index (χ1n) is 9.21. The minimum atomic E-state index is -0.522. The lowest BCUT2D eigenvalue weighted by atomic mass is 10.1. The van der Waals surface area contributed by atoms with Gasteiger partial charge in [-0.05, 0) is 43.7 Å². The molecule has 0 aliphatic carbocycles. The molecule has 1 aliphatic heterocycles. The molecule has 9 heteroatoms. The number of urea groups is 1. The molecule has 1 heterocycles. The predicted octanol–water partition coefficient (Wildman–Crippen LogP) is 3.94. The van der Waals surface area contributed by atoms with Crippen molar-refractivity contribution in [2.24, 2.45) is 0 Å². The largest absolute Gasteiger partial charge is 0.337 e. The molecule has 8 nitrogen and oxygen atoms in total. The van der Waals surface area contributed by atoms with Crippen molar-refractivity contribution >= 4 is 34.9 Å². The molecule has 3 rings (SSSR count). The second-order valence-corrected chi connectivity index (χ2v) is 7.23. The number of anilines is 1. The molecule has 2 aromatic carbocycles. The van der Waals surface area contributed by atoms with E-state index in [9.17, 15) is 19.7 Å². The highest BCUT2D eigenvalue weighted by Crippen LogP contribution is 2.25. The summed E-state index contributed by atoms with van der Waals surface area (Å²) in [5.74, 6) is -0.389. The number of carbonyl (C=O) groups excluding carboxylic acids is 2. The topological polar surface area (TPSA) is 95.8 Å². The van der Waals surface area contributed by atoms with Gasteiger partial charge in [-0.2, -0.15) is 0 Å². The van der Waals surface area contributed by atoms with Crippen molar-refractivity contribution < 1.29 is 14.5 Å². The predicted molar refractivity (Wildman–Crippen MR) is 110 cm³/mol. The van der Waals surface area contributed by atoms with Crippen molar-refractivity contribution in [1.82, 2.24) is 9.80 Å². The van der Waals surface area contributed by atoms with Gasteiger partial charge in [0.1, 0.15) is 5.56 Å². The van der Waals surface area contributed by atoms with Crippen LogP contribution in [0.4, 0.5) is 16.2 Å². The van der Waals surface area contributed by atoms with E-state index in [2.05, 4.69) is 5.32 Å². The number of para-hydroxylation sites is 1. The Morgan fingerprint density at radius 1 is 1.03 bits per heavy atom. The number of benzene rings is 2. The van der Waals surface area contributed by atoms with E-state index in [-0.39, 0.29) is 23.2 Å². The average molecular weight is 417 g/mol. The molecule has 0 unspecified atom stereocenters. The number of nitrogens with zero attached hydrogens (tertiary/aromatic N) is 3. The summed E-state index contributed by atoms with van der Waals surface area (Å²) in [6.07, 6.45) is 0.583. The number of amides is 3. The molecule has 0 atom stereocenters. The lowest BCUT2D eigenvalue weighted by Gasteiger charge is -2.22. The van der Waals surface area contributed by atoms with E-state index in [1.54, 1.807) is 53.1 Å². The molecule has 1 fully saturated rings. The molecule has 0 bridgehead atoms. The Morgan fingerprint density at radius 2 is 1.69 bits per heavy atom. The number of hydrogen-bond donors (Lipinski definition) is 1. The smallest absolute Gasteiger partial charge is 0.321 e. The van der Waals surface area contributed by atoms with Crippen LogP contribution < -0.4 is 5.32 Å². The summed E-state index contributed by atoms with van der Waals surface area (Å²) < 4.78 is 0. The van der Waals surface area contributed by atoms with Crippen LogP contribution in [0.2, 0.25) is 5.02 Å². The Morgan fingerprint density at radius 3 is 2.38 bits per heavy atom. The maximum absolute atomic E-state index is 12.9. The summed E-state index contributed by atoms with van der Waals surface area (Å²) in [6.45, 7) is 3.16. The number of rotatable bonds is 3. The molecular formula is C20H21ClN4O4. The minimum Gasteiger partial charge on any atom is -0.337 e. The zero-order chi connectivity index (χ0) is 21.0. The number of aryl methyl sites for hydroxylation is 1. The first-order chi connectivity index (χ1) is 13.9. The zero-order valence-electron chi connectivity index (χ0n) is 15.9. The van der Waals surface area contributed by atoms with Crippen LogP contribution >= 0.6 is 11.6 Å². The van der Waals surface area contributed by atoms with E-state index >= 15 is 0 Å². The van der Waals surface area contributed by atoms with Gasteiger partial charge in [0.2, 0.25) is 0 Å². The van der Waals surface area contributed by atoms with Gasteiger partial charge in [0.25, 0.3) is 11.6 Å². The first-order valence-corrected chi connectivity index (χ1v) is 9.59. The first kappa shape index (κ1) is 20.6. The molecule has 3 amide bonds. The lowest BCUT2D eigenvalue weighted by molar-refractivity contribution is -0.385. The van der Waals surface area contributed by atoms with E-state index in [1.807, 2.05) is 0 Å². The molecule has 2 aromatic rings. The second kappa shape index (κ2) is 8.91. The Kier molecular flexibility index (Phi) is 6.33. The Labute approximate surface area is 173 Å². The van der Waals surface area contributed by atoms with Crippen molar-refractivity contribution in [3.63, 3.8) is 0 Å². The Balaban J connectivity index is 1.67. The van der Waals surface area contributed by atoms with Gasteiger partial charge in [0.15, 0.2) is 0 Å². The monoisotopic (exact) mass is 416 g/mol. The van der Waals surface area contributed by atoms with Gasteiger partial charge in [-0.15, -0.1) is 0 Å². The third kappa shape index (κ3) is 4.83. The van der Waals surface area contributed by atoms with E-state index in [4.69, 9.17) is 11.6 Å². The van der Waals surface area contributed by atoms with Crippen LogP contribution in [0.1, 0.15) is 22.3 Å². The highest BCUT2D eigenvalue weighted by atomic mass is 35.5. The van der Waals surface area contributed by atoms with E-state index < -0.39 is 4.92 Å². The fourth-order valence-electron chi connectivity index (χ4n) is 3.30. The highest BCUT2D eigenvalue weighted by Gasteiger charge is 2.28. The van der Waals surface area contributed by atoms with Crippen molar-refractivity contribution in [3.05, 3.63) is 68.7 Å². The van der Waals surface area contributed by atoms with Gasteiger partial charge in [0, 0.05) is 42.5 Å². The van der Waals surface area contributed by atoms with Crippen molar-refractivity contribution in [1.29, 1.82) is 0 Å². The molecule has 1 aliphatic rings. The third-order valence-electron chi connectivity index (χ3n) is 4.82. The number of carbonyl (C=O) groups is 2. The number of hydrogen-bond acceptors (Lipinski definition) is 4. The molecule has 0 saturated carbocycles. The van der Waals surface area contributed by atoms with Crippen LogP contribution in [0.25, 0.3) is 0 Å². The third-order valence-corrected chi connectivity index (χ3v) is 5.07. The van der Waals surface area contributed by atoms with Crippen LogP contribution in [-0.4, -0.2) is 52.8 Å². The average Bonchev–Trinajstić information content (AvgIpc) is 2.95. The SMILES string of the molecule is Cc1cccc(C(=O)N2CCCN(C(=O)Nc3ccc(Cl)cc3)CC2)c1[N+](=O)[O-]. The van der Waals surface area contributed by atoms with Crippen LogP contribution in [-0.2, 0) is 0 Å². The van der Waals surface area contributed by atoms with Gasteiger partial charge in [-0.25, -0.2) is 4.79 Å². The van der Waals surface area contributed by atoms with Gasteiger partial charge < -0.3 is 15.1 Å². The number of nitro groups is 1. The molecule has 0 aromatic heterocycles. The van der Waals surface area contributed by atoms with Gasteiger partial charge in [0.05, 0.1) is 4.92 Å². The standard InChI is InChI=1S/C20H21ClN4O4/c1-14-4-2-5-17(18(14)25(28)29)19(26)23-10-3-11-24(13-12-23)20(27)22-16-8-6-15(21)7-9-16/h2,4-9H,3,10-13H2,1H3,(H,22,27). The van der Waals surface area contributed by atoms with E-state index in [0.717, 1.165) is 0 Å². The minimum absolute atomic E-state index is 0.0778. The van der Waals surface area contributed by atoms with Gasteiger partial charge in [-0.3, -0.25) is 14.9 Å². The summed E-state index contributed by atoms with van der Waals surface area (Å²) in [5, 5.41) is 14.8. The maximum atomic E-state index is 12.9. The molecule has 1 saturated heterocycles. The Bertz CT molecular complexity index is 933. The zero-order valence-corrected chi connectivity index (χ0v) is 16.7. The number of nitrogens with one attached hydrogen (secondary N) is 1. The fraction of sp³-hybridized carbons (Fsp3) is 0.300. The summed E-state index contributed by atoms with van der Waals surface area (Å²) in [5.41, 5.74) is 0.986. The summed E-state index contributed by atoms with van der Waals surface area (Å²) in [6, 6.07) is 11.3. The lowest BCUT2D eigenvalue weighted by Crippen LogP contribution is -2.39. The summed E-state index contributed by atoms with van der Waals surface area (Å²) in [7, 11) is 0. The van der Waals surface area contributed by atoms with Crippen molar-refractivity contribution in [2.45, 2.75) is 13.3 Å². The van der Waals surface area contributed by atoms with E-state index in [1.165, 1.54) is 6.07 Å². The van der Waals surface area contributed by atoms with Crippen molar-refractivity contribution in [3.8, 4) is 0 Å².